The second-order valence-corrected chi connectivity index (χ2v) is 8.68. The number of hydrogen-bond donors (Lipinski definition) is 1. The molecule has 180 valence electrons. The molecule has 2 heterocycles. The van der Waals surface area contributed by atoms with Gasteiger partial charge in [0.2, 0.25) is 11.6 Å². The lowest BCUT2D eigenvalue weighted by molar-refractivity contribution is 0.0982. The van der Waals surface area contributed by atoms with Gasteiger partial charge >= 0.3 is 0 Å². The van der Waals surface area contributed by atoms with Crippen molar-refractivity contribution in [2.75, 3.05) is 0 Å². The predicted molar refractivity (Wildman–Crippen MR) is 137 cm³/mol. The van der Waals surface area contributed by atoms with Crippen LogP contribution in [-0.2, 0) is 19.4 Å². The van der Waals surface area contributed by atoms with E-state index in [1.54, 1.807) is 0 Å². The van der Waals surface area contributed by atoms with E-state index < -0.39 is 0 Å². The molecule has 0 amide bonds. The number of carbonyl (C=O) groups is 1. The third-order valence-electron chi connectivity index (χ3n) is 6.08. The Labute approximate surface area is 209 Å². The summed E-state index contributed by atoms with van der Waals surface area (Å²) >= 11 is 0. The molecule has 0 unspecified atom stereocenters. The molecule has 36 heavy (non-hydrogen) atoms. The maximum Gasteiger partial charge on any atom is 0.217 e. The topological polar surface area (TPSA) is 102 Å². The fourth-order valence-electron chi connectivity index (χ4n) is 4.17. The molecule has 1 N–H and O–H groups in total. The van der Waals surface area contributed by atoms with E-state index in [2.05, 4.69) is 68.0 Å². The molecule has 0 saturated heterocycles. The Morgan fingerprint density at radius 3 is 2.36 bits per heavy atom. The van der Waals surface area contributed by atoms with Crippen LogP contribution in [0.3, 0.4) is 0 Å². The van der Waals surface area contributed by atoms with Crippen LogP contribution in [0.15, 0.2) is 78.9 Å². The average molecular weight is 478 g/mol. The van der Waals surface area contributed by atoms with Crippen molar-refractivity contribution in [1.82, 2.24) is 35.4 Å². The number of aromatic amines is 1. The van der Waals surface area contributed by atoms with Crippen molar-refractivity contribution in [1.29, 1.82) is 0 Å². The molecule has 0 radical (unpaired) electrons. The first-order valence-electron chi connectivity index (χ1n) is 12.1. The van der Waals surface area contributed by atoms with Gasteiger partial charge in [-0.2, -0.15) is 0 Å². The minimum Gasteiger partial charge on any atom is -0.290 e. The number of nitrogens with one attached hydrogen (secondary N) is 1. The van der Waals surface area contributed by atoms with Crippen LogP contribution in [0, 0.1) is 0 Å². The van der Waals surface area contributed by atoms with Crippen molar-refractivity contribution in [3.8, 4) is 22.5 Å². The number of Topliss-reactive ketones (excluding diaryl/α,β-unsaturated/α-hetero) is 1. The van der Waals surface area contributed by atoms with Crippen LogP contribution in [0.2, 0.25) is 0 Å². The summed E-state index contributed by atoms with van der Waals surface area (Å²) < 4.78 is 1.89. The summed E-state index contributed by atoms with van der Waals surface area (Å²) in [4.78, 5) is 17.5. The fourth-order valence-corrected chi connectivity index (χ4v) is 4.17. The van der Waals surface area contributed by atoms with Crippen LogP contribution in [0.1, 0.15) is 47.3 Å². The molecule has 0 aliphatic carbocycles. The lowest BCUT2D eigenvalue weighted by Gasteiger charge is -2.09. The molecule has 5 rings (SSSR count). The molecule has 8 nitrogen and oxygen atoms in total. The van der Waals surface area contributed by atoms with Crippen molar-refractivity contribution >= 4 is 5.78 Å². The second kappa shape index (κ2) is 10.9. The van der Waals surface area contributed by atoms with Crippen molar-refractivity contribution in [2.24, 2.45) is 0 Å². The molecule has 2 aromatic heterocycles. The number of carbonyl (C=O) groups excluding carboxylic acids is 1. The SMILES string of the molecule is CCCCn1nc(C(=O)Cc2ccccc2)nc1Cc1ccc(-c2ccccc2-c2nnn[nH]2)cc1. The van der Waals surface area contributed by atoms with Gasteiger partial charge in [0.15, 0.2) is 5.82 Å². The van der Waals surface area contributed by atoms with Crippen LogP contribution in [0.4, 0.5) is 0 Å². The van der Waals surface area contributed by atoms with Crippen molar-refractivity contribution in [2.45, 2.75) is 39.2 Å². The molecule has 8 heteroatoms. The number of nitrogens with zero attached hydrogens (tertiary/aromatic N) is 6. The second-order valence-electron chi connectivity index (χ2n) is 8.68. The molecule has 0 saturated carbocycles. The third-order valence-corrected chi connectivity index (χ3v) is 6.08. The maximum atomic E-state index is 12.9. The number of unbranched alkanes of at least 4 members (excludes halogenated alkanes) is 1. The lowest BCUT2D eigenvalue weighted by Crippen LogP contribution is -2.08. The molecule has 5 aromatic rings. The van der Waals surface area contributed by atoms with Gasteiger partial charge in [-0.25, -0.2) is 14.8 Å². The van der Waals surface area contributed by atoms with Crippen molar-refractivity contribution < 1.29 is 4.79 Å². The Morgan fingerprint density at radius 2 is 1.64 bits per heavy atom. The molecule has 0 spiro atoms. The highest BCUT2D eigenvalue weighted by Gasteiger charge is 2.17. The smallest absolute Gasteiger partial charge is 0.217 e. The van der Waals surface area contributed by atoms with Gasteiger partial charge in [-0.15, -0.1) is 10.2 Å². The minimum absolute atomic E-state index is 0.0634. The number of H-pyrrole nitrogens is 1. The quantitative estimate of drug-likeness (QED) is 0.286. The zero-order chi connectivity index (χ0) is 24.7. The van der Waals surface area contributed by atoms with E-state index in [1.807, 2.05) is 53.2 Å². The van der Waals surface area contributed by atoms with E-state index >= 15 is 0 Å². The Hall–Kier alpha value is -4.46. The van der Waals surface area contributed by atoms with Gasteiger partial charge in [0.1, 0.15) is 5.82 Å². The summed E-state index contributed by atoms with van der Waals surface area (Å²) in [6.07, 6.45) is 2.92. The molecular weight excluding hydrogens is 450 g/mol. The van der Waals surface area contributed by atoms with Crippen LogP contribution in [0.5, 0.6) is 0 Å². The Balaban J connectivity index is 1.37. The Kier molecular flexibility index (Phi) is 7.02. The van der Waals surface area contributed by atoms with Crippen LogP contribution < -0.4 is 0 Å². The molecule has 0 fully saturated rings. The predicted octanol–water partition coefficient (Wildman–Crippen LogP) is 4.94. The van der Waals surface area contributed by atoms with Crippen molar-refractivity contribution in [3.63, 3.8) is 0 Å². The lowest BCUT2D eigenvalue weighted by atomic mass is 9.98. The number of tetrazole rings is 1. The van der Waals surface area contributed by atoms with Gasteiger partial charge in [0.05, 0.1) is 0 Å². The summed E-state index contributed by atoms with van der Waals surface area (Å²) in [6.45, 7) is 2.89. The van der Waals surface area contributed by atoms with E-state index in [1.165, 1.54) is 0 Å². The Morgan fingerprint density at radius 1 is 0.889 bits per heavy atom. The molecule has 0 atom stereocenters. The summed E-state index contributed by atoms with van der Waals surface area (Å²) in [7, 11) is 0. The van der Waals surface area contributed by atoms with Crippen molar-refractivity contribution in [3.05, 3.63) is 102 Å². The third kappa shape index (κ3) is 5.27. The largest absolute Gasteiger partial charge is 0.290 e. The molecule has 0 bridgehead atoms. The van der Waals surface area contributed by atoms with E-state index in [0.717, 1.165) is 53.0 Å². The zero-order valence-electron chi connectivity index (χ0n) is 20.1. The average Bonchev–Trinajstić information content (AvgIpc) is 3.59. The highest BCUT2D eigenvalue weighted by Crippen LogP contribution is 2.30. The van der Waals surface area contributed by atoms with Crippen LogP contribution in [-0.4, -0.2) is 41.2 Å². The first-order valence-corrected chi connectivity index (χ1v) is 12.1. The number of ketones is 1. The highest BCUT2D eigenvalue weighted by atomic mass is 16.1. The molecule has 0 aliphatic heterocycles. The van der Waals surface area contributed by atoms with Gasteiger partial charge in [0, 0.05) is 24.9 Å². The number of rotatable bonds is 10. The first-order chi connectivity index (χ1) is 17.7. The number of aryl methyl sites for hydroxylation is 1. The van der Waals surface area contributed by atoms with E-state index in [4.69, 9.17) is 0 Å². The molecule has 0 aliphatic rings. The van der Waals surface area contributed by atoms with E-state index in [-0.39, 0.29) is 11.6 Å². The number of hydrogen-bond acceptors (Lipinski definition) is 6. The summed E-state index contributed by atoms with van der Waals surface area (Å²) in [5.41, 5.74) is 5.12. The van der Waals surface area contributed by atoms with Crippen LogP contribution in [0.25, 0.3) is 22.5 Å². The molecular formula is C28H27N7O. The summed E-state index contributed by atoms with van der Waals surface area (Å²) in [5.74, 6) is 1.66. The zero-order valence-corrected chi connectivity index (χ0v) is 20.1. The van der Waals surface area contributed by atoms with Gasteiger partial charge in [-0.1, -0.05) is 92.2 Å². The van der Waals surface area contributed by atoms with Gasteiger partial charge < -0.3 is 0 Å². The van der Waals surface area contributed by atoms with Gasteiger partial charge in [-0.3, -0.25) is 4.79 Å². The van der Waals surface area contributed by atoms with E-state index in [0.29, 0.717) is 18.7 Å². The summed E-state index contributed by atoms with van der Waals surface area (Å²) in [6, 6.07) is 26.1. The fraction of sp³-hybridized carbons (Fsp3) is 0.214. The summed E-state index contributed by atoms with van der Waals surface area (Å²) in [5, 5.41) is 18.9. The van der Waals surface area contributed by atoms with Gasteiger partial charge in [0.25, 0.3) is 0 Å². The van der Waals surface area contributed by atoms with E-state index in [9.17, 15) is 4.79 Å². The monoisotopic (exact) mass is 477 g/mol. The maximum absolute atomic E-state index is 12.9. The Bertz CT molecular complexity index is 1420. The number of benzene rings is 3. The standard InChI is InChI=1S/C28H27N7O/c1-2-3-17-35-26(29-28(32-35)25(36)18-20-9-5-4-6-10-20)19-21-13-15-22(16-14-21)23-11-7-8-12-24(23)27-30-33-34-31-27/h4-16H,2-3,17-19H2,1H3,(H,30,31,33,34). The highest BCUT2D eigenvalue weighted by molar-refractivity contribution is 5.94. The first kappa shape index (κ1) is 23.3. The van der Waals surface area contributed by atoms with Crippen LogP contribution >= 0.6 is 0 Å². The number of aromatic nitrogens is 7. The molecule has 3 aromatic carbocycles. The van der Waals surface area contributed by atoms with Gasteiger partial charge in [-0.05, 0) is 39.1 Å². The normalized spacial score (nSPS) is 11.0. The minimum atomic E-state index is -0.0634.